The minimum absolute atomic E-state index is 0.000762. The molecule has 2 fully saturated rings. The highest BCUT2D eigenvalue weighted by atomic mass is 35.5. The smallest absolute Gasteiger partial charge is 0.257 e. The van der Waals surface area contributed by atoms with Gasteiger partial charge in [-0.2, -0.15) is 0 Å². The molecule has 20 heavy (non-hydrogen) atoms. The molecule has 1 N–H and O–H groups in total. The number of likely N-dealkylation sites (tertiary alicyclic amines) is 2. The number of carbonyl (C=O) groups is 1. The standard InChI is InChI=1S/C15H19ClN2O2/c16-11-4-5-14(19)13(8-11)15(20)18-9-12(10-18)17-6-2-1-3-7-17/h4-5,8,12,19H,1-3,6-7,9-10H2. The summed E-state index contributed by atoms with van der Waals surface area (Å²) in [6, 6.07) is 5.08. The summed E-state index contributed by atoms with van der Waals surface area (Å²) in [5.41, 5.74) is 0.301. The van der Waals surface area contributed by atoms with Crippen LogP contribution in [0.4, 0.5) is 0 Å². The summed E-state index contributed by atoms with van der Waals surface area (Å²) in [5, 5.41) is 10.2. The van der Waals surface area contributed by atoms with Gasteiger partial charge in [-0.1, -0.05) is 18.0 Å². The lowest BCUT2D eigenvalue weighted by atomic mass is 10.0. The minimum atomic E-state index is -0.127. The van der Waals surface area contributed by atoms with E-state index in [0.29, 0.717) is 16.6 Å². The Balaban J connectivity index is 1.61. The SMILES string of the molecule is O=C(c1cc(Cl)ccc1O)N1CC(N2CCCCC2)C1. The van der Waals surface area contributed by atoms with E-state index in [9.17, 15) is 9.90 Å². The van der Waals surface area contributed by atoms with Crippen LogP contribution in [-0.2, 0) is 0 Å². The number of aromatic hydroxyl groups is 1. The van der Waals surface area contributed by atoms with Crippen molar-refractivity contribution >= 4 is 17.5 Å². The van der Waals surface area contributed by atoms with Crippen LogP contribution in [0.25, 0.3) is 0 Å². The molecule has 1 aromatic rings. The molecule has 0 aliphatic carbocycles. The lowest BCUT2D eigenvalue weighted by Crippen LogP contribution is -2.61. The van der Waals surface area contributed by atoms with E-state index in [1.165, 1.54) is 31.4 Å². The normalized spacial score (nSPS) is 20.8. The van der Waals surface area contributed by atoms with Crippen LogP contribution < -0.4 is 0 Å². The van der Waals surface area contributed by atoms with Gasteiger partial charge in [0.05, 0.1) is 5.56 Å². The zero-order valence-electron chi connectivity index (χ0n) is 11.4. The Morgan fingerprint density at radius 2 is 1.90 bits per heavy atom. The van der Waals surface area contributed by atoms with E-state index in [1.54, 1.807) is 11.0 Å². The Labute approximate surface area is 123 Å². The van der Waals surface area contributed by atoms with Gasteiger partial charge in [-0.25, -0.2) is 0 Å². The highest BCUT2D eigenvalue weighted by Gasteiger charge is 2.36. The van der Waals surface area contributed by atoms with Gasteiger partial charge in [0.2, 0.25) is 0 Å². The van der Waals surface area contributed by atoms with Gasteiger partial charge in [-0.3, -0.25) is 9.69 Å². The molecule has 0 unspecified atom stereocenters. The number of benzene rings is 1. The number of piperidine rings is 1. The second-order valence-electron chi connectivity index (χ2n) is 5.62. The van der Waals surface area contributed by atoms with Crippen LogP contribution in [0.15, 0.2) is 18.2 Å². The first-order chi connectivity index (χ1) is 9.65. The molecule has 4 nitrogen and oxygen atoms in total. The summed E-state index contributed by atoms with van der Waals surface area (Å²) in [5.74, 6) is -0.126. The molecule has 3 rings (SSSR count). The van der Waals surface area contributed by atoms with E-state index in [4.69, 9.17) is 11.6 Å². The molecule has 0 radical (unpaired) electrons. The first-order valence-corrected chi connectivity index (χ1v) is 7.55. The molecule has 0 bridgehead atoms. The second-order valence-corrected chi connectivity index (χ2v) is 6.06. The number of nitrogens with zero attached hydrogens (tertiary/aromatic N) is 2. The monoisotopic (exact) mass is 294 g/mol. The molecule has 2 aliphatic rings. The van der Waals surface area contributed by atoms with Crippen LogP contribution in [0, 0.1) is 0 Å². The van der Waals surface area contributed by atoms with Gasteiger partial charge in [-0.15, -0.1) is 0 Å². The van der Waals surface area contributed by atoms with Gasteiger partial charge >= 0.3 is 0 Å². The summed E-state index contributed by atoms with van der Waals surface area (Å²) in [6.07, 6.45) is 3.85. The average Bonchev–Trinajstić information content (AvgIpc) is 2.41. The summed E-state index contributed by atoms with van der Waals surface area (Å²) in [4.78, 5) is 16.6. The fourth-order valence-electron chi connectivity index (χ4n) is 2.99. The van der Waals surface area contributed by atoms with Gasteiger partial charge in [0.1, 0.15) is 5.75 Å². The maximum atomic E-state index is 12.3. The van der Waals surface area contributed by atoms with E-state index >= 15 is 0 Å². The molecule has 0 saturated carbocycles. The molecule has 2 aliphatic heterocycles. The van der Waals surface area contributed by atoms with Crippen molar-refractivity contribution < 1.29 is 9.90 Å². The Morgan fingerprint density at radius 1 is 1.20 bits per heavy atom. The zero-order valence-corrected chi connectivity index (χ0v) is 12.1. The van der Waals surface area contributed by atoms with Gasteiger partial charge in [-0.05, 0) is 44.1 Å². The van der Waals surface area contributed by atoms with Crippen LogP contribution in [0.3, 0.4) is 0 Å². The summed E-state index contributed by atoms with van der Waals surface area (Å²) < 4.78 is 0. The highest BCUT2D eigenvalue weighted by molar-refractivity contribution is 6.31. The van der Waals surface area contributed by atoms with Crippen LogP contribution in [-0.4, -0.2) is 53.0 Å². The molecule has 0 atom stereocenters. The van der Waals surface area contributed by atoms with Crippen LogP contribution in [0.5, 0.6) is 5.75 Å². The Bertz CT molecular complexity index is 509. The molecule has 2 heterocycles. The van der Waals surface area contributed by atoms with Crippen molar-refractivity contribution in [2.45, 2.75) is 25.3 Å². The van der Waals surface area contributed by atoms with Gasteiger partial charge < -0.3 is 10.0 Å². The quantitative estimate of drug-likeness (QED) is 0.910. The number of amides is 1. The molecule has 108 valence electrons. The molecule has 0 aromatic heterocycles. The van der Waals surface area contributed by atoms with Gasteiger partial charge in [0.25, 0.3) is 5.91 Å². The van der Waals surface area contributed by atoms with Crippen LogP contribution >= 0.6 is 11.6 Å². The van der Waals surface area contributed by atoms with Crippen molar-refractivity contribution in [2.75, 3.05) is 26.2 Å². The molecule has 1 amide bonds. The molecular weight excluding hydrogens is 276 g/mol. The number of halogens is 1. The summed E-state index contributed by atoms with van der Waals surface area (Å²) in [6.45, 7) is 3.81. The fourth-order valence-corrected chi connectivity index (χ4v) is 3.16. The van der Waals surface area contributed by atoms with Crippen molar-refractivity contribution in [3.8, 4) is 5.75 Å². The van der Waals surface area contributed by atoms with Crippen molar-refractivity contribution in [2.24, 2.45) is 0 Å². The lowest BCUT2D eigenvalue weighted by molar-refractivity contribution is 0.0201. The number of carbonyl (C=O) groups excluding carboxylic acids is 1. The number of hydrogen-bond acceptors (Lipinski definition) is 3. The Kier molecular flexibility index (Phi) is 3.85. The van der Waals surface area contributed by atoms with E-state index in [2.05, 4.69) is 4.90 Å². The van der Waals surface area contributed by atoms with E-state index in [1.807, 2.05) is 0 Å². The molecular formula is C15H19ClN2O2. The maximum Gasteiger partial charge on any atom is 0.257 e. The minimum Gasteiger partial charge on any atom is -0.507 e. The van der Waals surface area contributed by atoms with E-state index in [-0.39, 0.29) is 11.7 Å². The predicted octanol–water partition coefficient (Wildman–Crippen LogP) is 2.36. The largest absolute Gasteiger partial charge is 0.507 e. The van der Waals surface area contributed by atoms with E-state index < -0.39 is 0 Å². The first kappa shape index (κ1) is 13.7. The molecule has 5 heteroatoms. The summed E-state index contributed by atoms with van der Waals surface area (Å²) >= 11 is 5.89. The third kappa shape index (κ3) is 2.63. The zero-order chi connectivity index (χ0) is 14.1. The van der Waals surface area contributed by atoms with Gasteiger partial charge in [0.15, 0.2) is 0 Å². The molecule has 0 spiro atoms. The lowest BCUT2D eigenvalue weighted by Gasteiger charge is -2.46. The third-order valence-electron chi connectivity index (χ3n) is 4.25. The Hall–Kier alpha value is -1.26. The number of hydrogen-bond donors (Lipinski definition) is 1. The average molecular weight is 295 g/mol. The van der Waals surface area contributed by atoms with Gasteiger partial charge in [0, 0.05) is 24.2 Å². The first-order valence-electron chi connectivity index (χ1n) is 7.17. The van der Waals surface area contributed by atoms with Crippen LogP contribution in [0.1, 0.15) is 29.6 Å². The Morgan fingerprint density at radius 3 is 2.60 bits per heavy atom. The van der Waals surface area contributed by atoms with Crippen molar-refractivity contribution in [1.82, 2.24) is 9.80 Å². The number of rotatable bonds is 2. The number of phenolic OH excluding ortho intramolecular Hbond substituents is 1. The van der Waals surface area contributed by atoms with Crippen LogP contribution in [0.2, 0.25) is 5.02 Å². The fraction of sp³-hybridized carbons (Fsp3) is 0.533. The van der Waals surface area contributed by atoms with Crippen molar-refractivity contribution in [1.29, 1.82) is 0 Å². The number of phenols is 1. The summed E-state index contributed by atoms with van der Waals surface area (Å²) in [7, 11) is 0. The molecule has 2 saturated heterocycles. The second kappa shape index (κ2) is 5.62. The van der Waals surface area contributed by atoms with E-state index in [0.717, 1.165) is 26.2 Å². The van der Waals surface area contributed by atoms with Crippen molar-refractivity contribution in [3.05, 3.63) is 28.8 Å². The highest BCUT2D eigenvalue weighted by Crippen LogP contribution is 2.26. The maximum absolute atomic E-state index is 12.3. The topological polar surface area (TPSA) is 43.8 Å². The molecule has 1 aromatic carbocycles. The predicted molar refractivity (Wildman–Crippen MR) is 78.2 cm³/mol. The van der Waals surface area contributed by atoms with Crippen molar-refractivity contribution in [3.63, 3.8) is 0 Å². The third-order valence-corrected chi connectivity index (χ3v) is 4.48.